The van der Waals surface area contributed by atoms with Gasteiger partial charge < -0.3 is 5.11 Å². The van der Waals surface area contributed by atoms with E-state index in [1.807, 2.05) is 13.0 Å². The Hall–Kier alpha value is -0.520. The van der Waals surface area contributed by atoms with Crippen LogP contribution >= 0.6 is 0 Å². The Morgan fingerprint density at radius 1 is 1.00 bits per heavy atom. The second kappa shape index (κ2) is 11.5. The molecular weight excluding hydrogens is 160 g/mol. The van der Waals surface area contributed by atoms with Crippen LogP contribution in [0.2, 0.25) is 0 Å². The van der Waals surface area contributed by atoms with Crippen LogP contribution in [0.15, 0.2) is 17.9 Å². The van der Waals surface area contributed by atoms with Crippen molar-refractivity contribution in [3.8, 4) is 0 Å². The fourth-order valence-electron chi connectivity index (χ4n) is 1.27. The maximum atomic E-state index is 8.55. The summed E-state index contributed by atoms with van der Waals surface area (Å²) in [6.45, 7) is 2.34. The maximum absolute atomic E-state index is 8.55. The molecule has 1 nitrogen and oxygen atoms in total. The van der Waals surface area contributed by atoms with E-state index in [0.29, 0.717) is 6.61 Å². The molecular formula is C12H22O. The summed E-state index contributed by atoms with van der Waals surface area (Å²) in [6.07, 6.45) is 12.5. The number of hydrogen-bond donors (Lipinski definition) is 1. The summed E-state index contributed by atoms with van der Waals surface area (Å²) in [5, 5.41) is 8.55. The predicted octanol–water partition coefficient (Wildman–Crippen LogP) is 3.44. The highest BCUT2D eigenvalue weighted by molar-refractivity contribution is 4.81. The first-order valence-corrected chi connectivity index (χ1v) is 5.38. The molecule has 0 rings (SSSR count). The minimum absolute atomic E-state index is 0.351. The van der Waals surface area contributed by atoms with E-state index >= 15 is 0 Å². The minimum atomic E-state index is 0.351. The molecule has 0 saturated carbocycles. The molecule has 0 bridgehead atoms. The zero-order valence-electron chi connectivity index (χ0n) is 8.76. The van der Waals surface area contributed by atoms with Gasteiger partial charge in [-0.2, -0.15) is 0 Å². The van der Waals surface area contributed by atoms with E-state index in [4.69, 9.17) is 5.11 Å². The number of unbranched alkanes of at least 4 members (excludes halogenated alkanes) is 6. The molecule has 0 fully saturated rings. The molecule has 0 aliphatic carbocycles. The quantitative estimate of drug-likeness (QED) is 0.450. The molecule has 13 heavy (non-hydrogen) atoms. The molecule has 0 spiro atoms. The van der Waals surface area contributed by atoms with Gasteiger partial charge in [0.05, 0.1) is 0 Å². The molecule has 0 aromatic heterocycles. The fourth-order valence-corrected chi connectivity index (χ4v) is 1.27. The van der Waals surface area contributed by atoms with Crippen molar-refractivity contribution < 1.29 is 5.11 Å². The highest BCUT2D eigenvalue weighted by Crippen LogP contribution is 2.06. The van der Waals surface area contributed by atoms with Gasteiger partial charge in [-0.05, 0) is 38.3 Å². The highest BCUT2D eigenvalue weighted by atomic mass is 16.2. The Morgan fingerprint density at radius 2 is 1.62 bits per heavy atom. The first-order valence-electron chi connectivity index (χ1n) is 5.38. The van der Waals surface area contributed by atoms with Crippen LogP contribution in [-0.2, 0) is 0 Å². The van der Waals surface area contributed by atoms with E-state index in [2.05, 4.69) is 11.8 Å². The van der Waals surface area contributed by atoms with Gasteiger partial charge >= 0.3 is 0 Å². The van der Waals surface area contributed by atoms with E-state index in [9.17, 15) is 0 Å². The number of rotatable bonds is 8. The molecule has 0 amide bonds. The van der Waals surface area contributed by atoms with E-state index in [1.165, 1.54) is 32.1 Å². The van der Waals surface area contributed by atoms with Gasteiger partial charge in [-0.1, -0.05) is 25.7 Å². The van der Waals surface area contributed by atoms with Crippen LogP contribution in [0.4, 0.5) is 0 Å². The Morgan fingerprint density at radius 3 is 2.23 bits per heavy atom. The molecule has 0 aromatic rings. The lowest BCUT2D eigenvalue weighted by Crippen LogP contribution is -1.83. The van der Waals surface area contributed by atoms with Gasteiger partial charge in [-0.3, -0.25) is 0 Å². The Balaban J connectivity index is 2.95. The lowest BCUT2D eigenvalue weighted by Gasteiger charge is -1.97. The van der Waals surface area contributed by atoms with Gasteiger partial charge in [0.25, 0.3) is 0 Å². The zero-order chi connectivity index (χ0) is 9.78. The third-order valence-corrected chi connectivity index (χ3v) is 2.04. The summed E-state index contributed by atoms with van der Waals surface area (Å²) in [5.41, 5.74) is 3.08. The topological polar surface area (TPSA) is 20.2 Å². The summed E-state index contributed by atoms with van der Waals surface area (Å²) in [6, 6.07) is 0. The lowest BCUT2D eigenvalue weighted by molar-refractivity contribution is 0.282. The second-order valence-corrected chi connectivity index (χ2v) is 3.29. The number of allylic oxidation sites excluding steroid dienone is 1. The molecule has 0 aromatic carbocycles. The molecule has 0 aliphatic rings. The summed E-state index contributed by atoms with van der Waals surface area (Å²) < 4.78 is 0. The van der Waals surface area contributed by atoms with Gasteiger partial charge in [-0.15, -0.1) is 5.73 Å². The van der Waals surface area contributed by atoms with E-state index in [1.54, 1.807) is 0 Å². The molecule has 1 N–H and O–H groups in total. The monoisotopic (exact) mass is 182 g/mol. The van der Waals surface area contributed by atoms with Crippen LogP contribution in [0.3, 0.4) is 0 Å². The summed E-state index contributed by atoms with van der Waals surface area (Å²) >= 11 is 0. The Labute approximate surface area is 82.2 Å². The van der Waals surface area contributed by atoms with Crippen LogP contribution in [0, 0.1) is 0 Å². The van der Waals surface area contributed by atoms with Crippen LogP contribution in [0.1, 0.15) is 51.9 Å². The van der Waals surface area contributed by atoms with Crippen molar-refractivity contribution in [2.24, 2.45) is 0 Å². The number of hydrogen-bond acceptors (Lipinski definition) is 1. The molecule has 1 heteroatoms. The normalized spacial score (nSPS) is 9.38. The van der Waals surface area contributed by atoms with Crippen molar-refractivity contribution >= 4 is 0 Å². The Bertz CT molecular complexity index is 143. The molecule has 0 aliphatic heterocycles. The third-order valence-electron chi connectivity index (χ3n) is 2.04. The van der Waals surface area contributed by atoms with Crippen molar-refractivity contribution in [2.45, 2.75) is 51.9 Å². The lowest BCUT2D eigenvalue weighted by atomic mass is 10.1. The zero-order valence-corrected chi connectivity index (χ0v) is 8.76. The van der Waals surface area contributed by atoms with Gasteiger partial charge in [0.2, 0.25) is 0 Å². The molecule has 0 atom stereocenters. The molecule has 0 radical (unpaired) electrons. The predicted molar refractivity (Wildman–Crippen MR) is 57.7 cm³/mol. The van der Waals surface area contributed by atoms with E-state index in [0.717, 1.165) is 12.8 Å². The van der Waals surface area contributed by atoms with Crippen LogP contribution in [-0.4, -0.2) is 11.7 Å². The van der Waals surface area contributed by atoms with Crippen molar-refractivity contribution in [1.29, 1.82) is 0 Å². The van der Waals surface area contributed by atoms with Crippen LogP contribution in [0.5, 0.6) is 0 Å². The van der Waals surface area contributed by atoms with Gasteiger partial charge in [0.1, 0.15) is 0 Å². The van der Waals surface area contributed by atoms with E-state index < -0.39 is 0 Å². The molecule has 0 unspecified atom stereocenters. The first kappa shape index (κ1) is 12.5. The van der Waals surface area contributed by atoms with E-state index in [-0.39, 0.29) is 0 Å². The van der Waals surface area contributed by atoms with Crippen molar-refractivity contribution in [1.82, 2.24) is 0 Å². The first-order chi connectivity index (χ1) is 6.41. The summed E-state index contributed by atoms with van der Waals surface area (Å²) in [7, 11) is 0. The van der Waals surface area contributed by atoms with Crippen LogP contribution in [0.25, 0.3) is 0 Å². The Kier molecular flexibility index (Phi) is 11.0. The number of aliphatic hydroxyl groups excluding tert-OH is 1. The average molecular weight is 182 g/mol. The molecule has 0 saturated heterocycles. The van der Waals surface area contributed by atoms with Crippen molar-refractivity contribution in [3.63, 3.8) is 0 Å². The maximum Gasteiger partial charge on any atom is 0.0431 e. The van der Waals surface area contributed by atoms with Gasteiger partial charge in [0, 0.05) is 6.61 Å². The smallest absolute Gasteiger partial charge is 0.0431 e. The average Bonchev–Trinajstić information content (AvgIpc) is 2.16. The van der Waals surface area contributed by atoms with Gasteiger partial charge in [-0.25, -0.2) is 0 Å². The molecule has 0 heterocycles. The van der Waals surface area contributed by atoms with Crippen LogP contribution < -0.4 is 0 Å². The highest BCUT2D eigenvalue weighted by Gasteiger charge is 1.88. The molecule has 76 valence electrons. The largest absolute Gasteiger partial charge is 0.396 e. The fraction of sp³-hybridized carbons (Fsp3) is 0.750. The van der Waals surface area contributed by atoms with Crippen molar-refractivity contribution in [2.75, 3.05) is 6.61 Å². The SMILES string of the molecule is CC=C=CCCCCCCCCO. The second-order valence-electron chi connectivity index (χ2n) is 3.29. The standard InChI is InChI=1S/C12H22O/c1-2-3-4-5-6-7-8-9-10-11-12-13/h2,4,13H,5-12H2,1H3. The number of aliphatic hydroxyl groups is 1. The summed E-state index contributed by atoms with van der Waals surface area (Å²) in [5.74, 6) is 0. The summed E-state index contributed by atoms with van der Waals surface area (Å²) in [4.78, 5) is 0. The third kappa shape index (κ3) is 11.5. The van der Waals surface area contributed by atoms with Gasteiger partial charge in [0.15, 0.2) is 0 Å². The van der Waals surface area contributed by atoms with Crippen molar-refractivity contribution in [3.05, 3.63) is 17.9 Å². The minimum Gasteiger partial charge on any atom is -0.396 e.